The van der Waals surface area contributed by atoms with Crippen LogP contribution in [0.15, 0.2) is 35.6 Å². The topological polar surface area (TPSA) is 92.9 Å². The highest BCUT2D eigenvalue weighted by molar-refractivity contribution is 5.79. The molecule has 2 aromatic rings. The van der Waals surface area contributed by atoms with Crippen LogP contribution in [-0.2, 0) is 19.2 Å². The predicted molar refractivity (Wildman–Crippen MR) is 121 cm³/mol. The van der Waals surface area contributed by atoms with Crippen molar-refractivity contribution in [2.45, 2.75) is 57.8 Å². The Kier molecular flexibility index (Phi) is 7.79. The number of methoxy groups -OCH3 is 1. The molecular weight excluding hydrogens is 394 g/mol. The fourth-order valence-corrected chi connectivity index (χ4v) is 3.72. The molecule has 3 N–H and O–H groups in total. The second-order valence-corrected chi connectivity index (χ2v) is 8.20. The Morgan fingerprint density at radius 2 is 2.10 bits per heavy atom. The molecule has 1 aliphatic rings. The lowest BCUT2D eigenvalue weighted by atomic mass is 10.00. The minimum absolute atomic E-state index is 0.236. The summed E-state index contributed by atoms with van der Waals surface area (Å²) in [7, 11) is 3.49. The number of hydrogen-bond acceptors (Lipinski definition) is 5. The van der Waals surface area contributed by atoms with Gasteiger partial charge in [0.2, 0.25) is 0 Å². The third-order valence-corrected chi connectivity index (χ3v) is 5.55. The third kappa shape index (κ3) is 6.13. The zero-order valence-corrected chi connectivity index (χ0v) is 19.0. The van der Waals surface area contributed by atoms with Crippen molar-refractivity contribution in [1.82, 2.24) is 20.4 Å². The summed E-state index contributed by atoms with van der Waals surface area (Å²) in [6.45, 7) is 5.22. The number of aliphatic imine (C=N–C) groups is 1. The lowest BCUT2D eigenvalue weighted by molar-refractivity contribution is 0.0616. The molecule has 0 radical (unpaired) electrons. The first-order valence-corrected chi connectivity index (χ1v) is 11.0. The average Bonchev–Trinajstić information content (AvgIpc) is 3.43. The van der Waals surface area contributed by atoms with Crippen molar-refractivity contribution >= 4 is 5.96 Å². The molecule has 0 saturated heterocycles. The Morgan fingerprint density at radius 1 is 1.32 bits per heavy atom. The van der Waals surface area contributed by atoms with E-state index in [1.54, 1.807) is 24.9 Å². The van der Waals surface area contributed by atoms with Gasteiger partial charge >= 0.3 is 0 Å². The van der Waals surface area contributed by atoms with Crippen LogP contribution in [-0.4, -0.2) is 47.1 Å². The first-order valence-electron chi connectivity index (χ1n) is 11.0. The first-order chi connectivity index (χ1) is 14.9. The highest BCUT2D eigenvalue weighted by Gasteiger charge is 2.25. The van der Waals surface area contributed by atoms with Crippen molar-refractivity contribution in [1.29, 1.82) is 0 Å². The fraction of sp³-hybridized carbons (Fsp3) is 0.565. The molecule has 8 nitrogen and oxygen atoms in total. The number of aryl methyl sites for hydroxylation is 1. The van der Waals surface area contributed by atoms with Crippen LogP contribution >= 0.6 is 0 Å². The molecule has 31 heavy (non-hydrogen) atoms. The number of benzene rings is 1. The zero-order valence-electron chi connectivity index (χ0n) is 19.0. The minimum Gasteiger partial charge on any atom is -0.493 e. The number of nitrogens with zero attached hydrogens (tertiary/aromatic N) is 3. The van der Waals surface area contributed by atoms with Crippen LogP contribution < -0.4 is 20.1 Å². The van der Waals surface area contributed by atoms with Crippen LogP contribution in [0.3, 0.4) is 0 Å². The van der Waals surface area contributed by atoms with Crippen LogP contribution in [0.1, 0.15) is 50.7 Å². The van der Waals surface area contributed by atoms with Crippen LogP contribution in [0.4, 0.5) is 0 Å². The van der Waals surface area contributed by atoms with E-state index in [9.17, 15) is 5.11 Å². The van der Waals surface area contributed by atoms with Gasteiger partial charge in [0, 0.05) is 30.9 Å². The summed E-state index contributed by atoms with van der Waals surface area (Å²) in [4.78, 5) is 4.72. The molecule has 1 saturated carbocycles. The second kappa shape index (κ2) is 10.5. The van der Waals surface area contributed by atoms with Gasteiger partial charge in [-0.05, 0) is 45.6 Å². The van der Waals surface area contributed by atoms with E-state index in [4.69, 9.17) is 14.5 Å². The number of nitrogens with one attached hydrogen (secondary N) is 2. The van der Waals surface area contributed by atoms with Gasteiger partial charge in [-0.1, -0.05) is 12.1 Å². The molecule has 1 aromatic heterocycles. The number of aromatic nitrogens is 2. The van der Waals surface area contributed by atoms with E-state index in [0.717, 1.165) is 35.5 Å². The van der Waals surface area contributed by atoms with Gasteiger partial charge in [0.25, 0.3) is 0 Å². The van der Waals surface area contributed by atoms with E-state index in [1.165, 1.54) is 12.8 Å². The fourth-order valence-electron chi connectivity index (χ4n) is 3.72. The Balaban J connectivity index is 1.72. The molecule has 1 unspecified atom stereocenters. The van der Waals surface area contributed by atoms with Gasteiger partial charge in [-0.15, -0.1) is 0 Å². The number of aliphatic hydroxyl groups is 1. The van der Waals surface area contributed by atoms with Crippen molar-refractivity contribution in [3.8, 4) is 11.5 Å². The average molecular weight is 430 g/mol. The first kappa shape index (κ1) is 22.9. The van der Waals surface area contributed by atoms with E-state index in [2.05, 4.69) is 15.7 Å². The second-order valence-electron chi connectivity index (χ2n) is 8.20. The molecule has 0 aliphatic heterocycles. The molecule has 1 atom stereocenters. The number of ether oxygens (including phenoxy) is 2. The summed E-state index contributed by atoms with van der Waals surface area (Å²) in [5.74, 6) is 2.14. The van der Waals surface area contributed by atoms with E-state index < -0.39 is 5.60 Å². The van der Waals surface area contributed by atoms with E-state index in [0.29, 0.717) is 25.6 Å². The lowest BCUT2D eigenvalue weighted by Gasteiger charge is -2.24. The molecule has 170 valence electrons. The highest BCUT2D eigenvalue weighted by atomic mass is 16.5. The van der Waals surface area contributed by atoms with Crippen LogP contribution in [0.2, 0.25) is 0 Å². The van der Waals surface area contributed by atoms with Gasteiger partial charge < -0.3 is 25.2 Å². The van der Waals surface area contributed by atoms with E-state index in [-0.39, 0.29) is 6.10 Å². The van der Waals surface area contributed by atoms with Gasteiger partial charge in [0.05, 0.1) is 32.5 Å². The van der Waals surface area contributed by atoms with Gasteiger partial charge in [-0.3, -0.25) is 4.68 Å². The summed E-state index contributed by atoms with van der Waals surface area (Å²) in [5.41, 5.74) is 0.651. The van der Waals surface area contributed by atoms with Crippen LogP contribution in [0, 0.1) is 0 Å². The van der Waals surface area contributed by atoms with Gasteiger partial charge in [-0.2, -0.15) is 5.10 Å². The molecular formula is C23H35N5O3. The van der Waals surface area contributed by atoms with Crippen molar-refractivity contribution < 1.29 is 14.6 Å². The molecule has 0 amide bonds. The third-order valence-electron chi connectivity index (χ3n) is 5.55. The summed E-state index contributed by atoms with van der Waals surface area (Å²) >= 11 is 0. The zero-order chi connectivity index (χ0) is 22.3. The Bertz CT molecular complexity index is 872. The smallest absolute Gasteiger partial charge is 0.191 e. The summed E-state index contributed by atoms with van der Waals surface area (Å²) < 4.78 is 13.5. The number of hydrogen-bond donors (Lipinski definition) is 3. The highest BCUT2D eigenvalue weighted by Crippen LogP contribution is 2.35. The molecule has 1 aromatic carbocycles. The molecule has 0 spiro atoms. The van der Waals surface area contributed by atoms with Gasteiger partial charge in [-0.25, -0.2) is 4.99 Å². The van der Waals surface area contributed by atoms with E-state index >= 15 is 0 Å². The van der Waals surface area contributed by atoms with E-state index in [1.807, 2.05) is 38.4 Å². The maximum atomic E-state index is 10.8. The van der Waals surface area contributed by atoms with Crippen molar-refractivity contribution in [2.24, 2.45) is 12.0 Å². The Hall–Kier alpha value is -2.74. The van der Waals surface area contributed by atoms with Crippen molar-refractivity contribution in [2.75, 3.05) is 20.2 Å². The Morgan fingerprint density at radius 3 is 2.74 bits per heavy atom. The normalized spacial score (nSPS) is 16.7. The van der Waals surface area contributed by atoms with Gasteiger partial charge in [0.1, 0.15) is 5.60 Å². The number of rotatable bonds is 9. The maximum Gasteiger partial charge on any atom is 0.191 e. The molecule has 1 heterocycles. The summed E-state index contributed by atoms with van der Waals surface area (Å²) in [6.07, 6.45) is 8.29. The van der Waals surface area contributed by atoms with Gasteiger partial charge in [0.15, 0.2) is 17.5 Å². The predicted octanol–water partition coefficient (Wildman–Crippen LogP) is 2.71. The SMILES string of the molecule is CCNC(=NCc1cccc(OC)c1OC1CCCC1)NCC(C)(O)c1cnn(C)c1. The summed E-state index contributed by atoms with van der Waals surface area (Å²) in [6, 6.07) is 5.90. The number of guanidine groups is 1. The van der Waals surface area contributed by atoms with Crippen LogP contribution in [0.5, 0.6) is 11.5 Å². The summed E-state index contributed by atoms with van der Waals surface area (Å²) in [5, 5.41) is 21.5. The van der Waals surface area contributed by atoms with Crippen LogP contribution in [0.25, 0.3) is 0 Å². The van der Waals surface area contributed by atoms with Crippen molar-refractivity contribution in [3.63, 3.8) is 0 Å². The van der Waals surface area contributed by atoms with Crippen molar-refractivity contribution in [3.05, 3.63) is 41.7 Å². The molecule has 3 rings (SSSR count). The quantitative estimate of drug-likeness (QED) is 0.419. The largest absolute Gasteiger partial charge is 0.493 e. The molecule has 1 aliphatic carbocycles. The molecule has 1 fully saturated rings. The number of para-hydroxylation sites is 1. The standard InChI is InChI=1S/C23H35N5O3/c1-5-24-22(26-16-23(2,29)18-14-27-28(3)15-18)25-13-17-9-8-12-20(30-4)21(17)31-19-10-6-7-11-19/h8-9,12,14-15,19,29H,5-7,10-11,13,16H2,1-4H3,(H2,24,25,26). The minimum atomic E-state index is -1.07. The maximum absolute atomic E-state index is 10.8. The Labute approximate surface area is 184 Å². The molecule has 0 bridgehead atoms. The molecule has 8 heteroatoms. The lowest BCUT2D eigenvalue weighted by Crippen LogP contribution is -2.44. The monoisotopic (exact) mass is 429 g/mol.